The Hall–Kier alpha value is -2.93. The number of hydrogen-bond donors (Lipinski definition) is 2. The van der Waals surface area contributed by atoms with Gasteiger partial charge in [0.25, 0.3) is 17.5 Å². The number of nitrogens with zero attached hydrogens (tertiary/aromatic N) is 2. The Balaban J connectivity index is 2.04. The number of anilines is 1. The lowest BCUT2D eigenvalue weighted by Gasteiger charge is -2.14. The van der Waals surface area contributed by atoms with Gasteiger partial charge < -0.3 is 15.2 Å². The van der Waals surface area contributed by atoms with Gasteiger partial charge in [-0.2, -0.15) is 0 Å². The number of hydrogen-bond acceptors (Lipinski definition) is 5. The van der Waals surface area contributed by atoms with Crippen LogP contribution in [0.1, 0.15) is 65.7 Å². The Morgan fingerprint density at radius 2 is 1.79 bits per heavy atom. The van der Waals surface area contributed by atoms with Crippen molar-refractivity contribution in [1.29, 1.82) is 0 Å². The monoisotopic (exact) mass is 414 g/mol. The van der Waals surface area contributed by atoms with Gasteiger partial charge in [0, 0.05) is 16.8 Å². The van der Waals surface area contributed by atoms with Crippen molar-refractivity contribution in [3.63, 3.8) is 0 Å². The van der Waals surface area contributed by atoms with Gasteiger partial charge in [-0.05, 0) is 51.0 Å². The first-order chi connectivity index (χ1) is 13.7. The number of aromatic nitrogens is 2. The first kappa shape index (κ1) is 20.8. The standard InChI is InChI=1S/C21H23ClN4O3/c1-10(2)16-9-15(18-12(5)26-29-21(18)25-16)20(28)24-17-8-13(22)6-7-14(17)19(27)23-11(3)4/h6-11H,1-5H3,(H,23,27)(H,24,28). The van der Waals surface area contributed by atoms with Crippen LogP contribution in [-0.2, 0) is 0 Å². The number of pyridine rings is 1. The molecule has 2 amide bonds. The van der Waals surface area contributed by atoms with Crippen molar-refractivity contribution in [2.24, 2.45) is 0 Å². The van der Waals surface area contributed by atoms with Crippen LogP contribution in [0.4, 0.5) is 5.69 Å². The Labute approximate surface area is 173 Å². The van der Waals surface area contributed by atoms with Crippen LogP contribution in [0.25, 0.3) is 11.1 Å². The molecule has 0 unspecified atom stereocenters. The van der Waals surface area contributed by atoms with E-state index in [1.807, 2.05) is 27.7 Å². The SMILES string of the molecule is Cc1noc2nc(C(C)C)cc(C(=O)Nc3cc(Cl)ccc3C(=O)NC(C)C)c12. The fraction of sp³-hybridized carbons (Fsp3) is 0.333. The Morgan fingerprint density at radius 1 is 1.07 bits per heavy atom. The van der Waals surface area contributed by atoms with Gasteiger partial charge in [0.1, 0.15) is 0 Å². The second-order valence-electron chi connectivity index (χ2n) is 7.47. The highest BCUT2D eigenvalue weighted by atomic mass is 35.5. The summed E-state index contributed by atoms with van der Waals surface area (Å²) in [5, 5.41) is 10.5. The number of halogens is 1. The van der Waals surface area contributed by atoms with E-state index in [1.54, 1.807) is 31.2 Å². The molecule has 0 saturated heterocycles. The summed E-state index contributed by atoms with van der Waals surface area (Å²) in [7, 11) is 0. The maximum atomic E-state index is 13.2. The number of fused-ring (bicyclic) bond motifs is 1. The number of rotatable bonds is 5. The van der Waals surface area contributed by atoms with Crippen molar-refractivity contribution in [2.75, 3.05) is 5.32 Å². The molecule has 3 rings (SSSR count). The minimum atomic E-state index is -0.397. The molecule has 7 nitrogen and oxygen atoms in total. The molecule has 8 heteroatoms. The molecule has 0 atom stereocenters. The van der Waals surface area contributed by atoms with Crippen LogP contribution in [0.5, 0.6) is 0 Å². The summed E-state index contributed by atoms with van der Waals surface area (Å²) >= 11 is 6.11. The normalized spacial score (nSPS) is 11.3. The van der Waals surface area contributed by atoms with Gasteiger partial charge in [-0.15, -0.1) is 0 Å². The smallest absolute Gasteiger partial charge is 0.259 e. The van der Waals surface area contributed by atoms with E-state index in [0.717, 1.165) is 0 Å². The van der Waals surface area contributed by atoms with Crippen molar-refractivity contribution in [1.82, 2.24) is 15.5 Å². The lowest BCUT2D eigenvalue weighted by molar-refractivity contribution is 0.0944. The van der Waals surface area contributed by atoms with E-state index >= 15 is 0 Å². The van der Waals surface area contributed by atoms with Gasteiger partial charge in [-0.3, -0.25) is 9.59 Å². The highest BCUT2D eigenvalue weighted by Crippen LogP contribution is 2.27. The topological polar surface area (TPSA) is 97.1 Å². The van der Waals surface area contributed by atoms with Gasteiger partial charge in [-0.25, -0.2) is 4.98 Å². The first-order valence-corrected chi connectivity index (χ1v) is 9.73. The zero-order chi connectivity index (χ0) is 21.3. The third-order valence-corrected chi connectivity index (χ3v) is 4.60. The summed E-state index contributed by atoms with van der Waals surface area (Å²) in [5.41, 5.74) is 2.62. The minimum Gasteiger partial charge on any atom is -0.350 e. The van der Waals surface area contributed by atoms with E-state index in [4.69, 9.17) is 16.1 Å². The zero-order valence-electron chi connectivity index (χ0n) is 17.0. The number of aryl methyl sites for hydroxylation is 1. The summed E-state index contributed by atoms with van der Waals surface area (Å²) in [6.45, 7) is 9.43. The van der Waals surface area contributed by atoms with Crippen LogP contribution in [0, 0.1) is 6.92 Å². The minimum absolute atomic E-state index is 0.0465. The summed E-state index contributed by atoms with van der Waals surface area (Å²) in [6, 6.07) is 6.43. The van der Waals surface area contributed by atoms with Crippen molar-refractivity contribution < 1.29 is 14.1 Å². The fourth-order valence-electron chi connectivity index (χ4n) is 2.94. The summed E-state index contributed by atoms with van der Waals surface area (Å²) in [5.74, 6) is -0.600. The average Bonchev–Trinajstić information content (AvgIpc) is 3.01. The predicted molar refractivity (Wildman–Crippen MR) is 113 cm³/mol. The quantitative estimate of drug-likeness (QED) is 0.630. The highest BCUT2D eigenvalue weighted by Gasteiger charge is 2.22. The lowest BCUT2D eigenvalue weighted by atomic mass is 10.0. The fourth-order valence-corrected chi connectivity index (χ4v) is 3.11. The molecule has 152 valence electrons. The molecule has 0 spiro atoms. The lowest BCUT2D eigenvalue weighted by Crippen LogP contribution is -2.31. The van der Waals surface area contributed by atoms with Crippen LogP contribution < -0.4 is 10.6 Å². The third kappa shape index (κ3) is 4.40. The second-order valence-corrected chi connectivity index (χ2v) is 7.91. The molecule has 0 fully saturated rings. The molecule has 3 aromatic rings. The Kier molecular flexibility index (Phi) is 5.88. The number of nitrogens with one attached hydrogen (secondary N) is 2. The number of benzene rings is 1. The van der Waals surface area contributed by atoms with E-state index in [1.165, 1.54) is 0 Å². The molecular weight excluding hydrogens is 392 g/mol. The Morgan fingerprint density at radius 3 is 2.45 bits per heavy atom. The Bertz CT molecular complexity index is 1090. The van der Waals surface area contributed by atoms with Crippen LogP contribution in [-0.4, -0.2) is 28.0 Å². The second kappa shape index (κ2) is 8.21. The summed E-state index contributed by atoms with van der Waals surface area (Å²) < 4.78 is 5.28. The molecule has 0 aliphatic carbocycles. The third-order valence-electron chi connectivity index (χ3n) is 4.37. The van der Waals surface area contributed by atoms with Gasteiger partial charge >= 0.3 is 0 Å². The van der Waals surface area contributed by atoms with Gasteiger partial charge in [-0.1, -0.05) is 30.6 Å². The molecule has 1 aromatic carbocycles. The van der Waals surface area contributed by atoms with Crippen molar-refractivity contribution in [3.8, 4) is 0 Å². The molecule has 2 N–H and O–H groups in total. The largest absolute Gasteiger partial charge is 0.350 e. The molecule has 0 radical (unpaired) electrons. The van der Waals surface area contributed by atoms with Crippen LogP contribution >= 0.6 is 11.6 Å². The molecule has 0 aliphatic heterocycles. The molecule has 0 bridgehead atoms. The first-order valence-electron chi connectivity index (χ1n) is 9.36. The van der Waals surface area contributed by atoms with Gasteiger partial charge in [0.15, 0.2) is 0 Å². The molecular formula is C21H23ClN4O3. The van der Waals surface area contributed by atoms with Crippen LogP contribution in [0.2, 0.25) is 5.02 Å². The highest BCUT2D eigenvalue weighted by molar-refractivity contribution is 6.31. The average molecular weight is 415 g/mol. The van der Waals surface area contributed by atoms with E-state index in [-0.39, 0.29) is 17.9 Å². The molecule has 0 aliphatic rings. The van der Waals surface area contributed by atoms with E-state index < -0.39 is 5.91 Å². The summed E-state index contributed by atoms with van der Waals surface area (Å²) in [6.07, 6.45) is 0. The van der Waals surface area contributed by atoms with E-state index in [2.05, 4.69) is 20.8 Å². The number of amides is 2. The van der Waals surface area contributed by atoms with E-state index in [9.17, 15) is 9.59 Å². The molecule has 29 heavy (non-hydrogen) atoms. The maximum absolute atomic E-state index is 13.2. The number of carbonyl (C=O) groups excluding carboxylic acids is 2. The molecule has 0 saturated carbocycles. The number of carbonyl (C=O) groups is 2. The van der Waals surface area contributed by atoms with Crippen molar-refractivity contribution in [2.45, 2.75) is 46.6 Å². The molecule has 2 aromatic heterocycles. The van der Waals surface area contributed by atoms with Crippen molar-refractivity contribution >= 4 is 40.2 Å². The summed E-state index contributed by atoms with van der Waals surface area (Å²) in [4.78, 5) is 30.2. The van der Waals surface area contributed by atoms with Gasteiger partial charge in [0.05, 0.1) is 27.9 Å². The van der Waals surface area contributed by atoms with Crippen molar-refractivity contribution in [3.05, 3.63) is 51.8 Å². The molecule has 2 heterocycles. The van der Waals surface area contributed by atoms with E-state index in [0.29, 0.717) is 44.3 Å². The van der Waals surface area contributed by atoms with Gasteiger partial charge in [0.2, 0.25) is 0 Å². The van der Waals surface area contributed by atoms with Crippen LogP contribution in [0.3, 0.4) is 0 Å². The van der Waals surface area contributed by atoms with Crippen LogP contribution in [0.15, 0.2) is 28.8 Å². The predicted octanol–water partition coefficient (Wildman–Crippen LogP) is 4.70. The zero-order valence-corrected chi connectivity index (χ0v) is 17.7. The maximum Gasteiger partial charge on any atom is 0.259 e.